The summed E-state index contributed by atoms with van der Waals surface area (Å²) in [6.45, 7) is 1.32. The quantitative estimate of drug-likeness (QED) is 0.861. The van der Waals surface area contributed by atoms with E-state index in [0.717, 1.165) is 18.2 Å². The molecule has 0 spiro atoms. The fourth-order valence-electron chi connectivity index (χ4n) is 1.77. The molecule has 0 radical (unpaired) electrons. The second-order valence-corrected chi connectivity index (χ2v) is 5.31. The molecular weight excluding hydrogens is 358 g/mol. The van der Waals surface area contributed by atoms with Gasteiger partial charge in [-0.1, -0.05) is 0 Å². The molecule has 0 saturated heterocycles. The topological polar surface area (TPSA) is 58.2 Å². The molecular formula is C15H11BrF2N2O2. The van der Waals surface area contributed by atoms with Crippen molar-refractivity contribution in [2.75, 3.05) is 10.6 Å². The maximum Gasteiger partial charge on any atom is 0.256 e. The van der Waals surface area contributed by atoms with Crippen molar-refractivity contribution in [1.29, 1.82) is 0 Å². The molecule has 0 aliphatic heterocycles. The van der Waals surface area contributed by atoms with Gasteiger partial charge in [0.1, 0.15) is 11.6 Å². The molecule has 4 nitrogen and oxygen atoms in total. The van der Waals surface area contributed by atoms with Crippen molar-refractivity contribution in [1.82, 2.24) is 0 Å². The summed E-state index contributed by atoms with van der Waals surface area (Å²) < 4.78 is 27.0. The predicted molar refractivity (Wildman–Crippen MR) is 82.8 cm³/mol. The van der Waals surface area contributed by atoms with Crippen molar-refractivity contribution in [2.45, 2.75) is 6.92 Å². The molecule has 22 heavy (non-hydrogen) atoms. The first-order chi connectivity index (χ1) is 10.4. The fourth-order valence-corrected chi connectivity index (χ4v) is 2.30. The average Bonchev–Trinajstić information content (AvgIpc) is 2.41. The van der Waals surface area contributed by atoms with Crippen LogP contribution in [-0.4, -0.2) is 11.8 Å². The Hall–Kier alpha value is -2.28. The summed E-state index contributed by atoms with van der Waals surface area (Å²) in [5.74, 6) is -2.07. The van der Waals surface area contributed by atoms with Gasteiger partial charge >= 0.3 is 0 Å². The van der Waals surface area contributed by atoms with Gasteiger partial charge in [0.15, 0.2) is 0 Å². The first-order valence-electron chi connectivity index (χ1n) is 6.20. The minimum atomic E-state index is -0.652. The van der Waals surface area contributed by atoms with E-state index in [-0.39, 0.29) is 21.6 Å². The number of anilines is 2. The number of benzene rings is 2. The van der Waals surface area contributed by atoms with E-state index in [2.05, 4.69) is 26.6 Å². The van der Waals surface area contributed by atoms with E-state index in [0.29, 0.717) is 5.69 Å². The maximum absolute atomic E-state index is 13.7. The van der Waals surface area contributed by atoms with E-state index in [4.69, 9.17) is 0 Å². The number of hydrogen-bond acceptors (Lipinski definition) is 2. The number of hydrogen-bond donors (Lipinski definition) is 2. The molecule has 7 heteroatoms. The van der Waals surface area contributed by atoms with Crippen LogP contribution >= 0.6 is 15.9 Å². The molecule has 2 rings (SSSR count). The van der Waals surface area contributed by atoms with Gasteiger partial charge in [-0.05, 0) is 52.3 Å². The van der Waals surface area contributed by atoms with E-state index in [1.54, 1.807) is 0 Å². The standard InChI is InChI=1S/C15H11BrF2N2O2/c1-8(21)19-10-3-5-13(18)14(7-10)20-15(22)11-4-2-9(17)6-12(11)16/h2-7H,1H3,(H,19,21)(H,20,22). The molecule has 2 aromatic rings. The monoisotopic (exact) mass is 368 g/mol. The molecule has 0 fully saturated rings. The minimum absolute atomic E-state index is 0.0903. The molecule has 0 aliphatic rings. The van der Waals surface area contributed by atoms with Gasteiger partial charge in [-0.3, -0.25) is 9.59 Å². The molecule has 2 N–H and O–H groups in total. The average molecular weight is 369 g/mol. The molecule has 0 aromatic heterocycles. The normalized spacial score (nSPS) is 10.2. The Bertz CT molecular complexity index is 750. The Labute approximate surface area is 133 Å². The zero-order valence-electron chi connectivity index (χ0n) is 11.4. The first-order valence-corrected chi connectivity index (χ1v) is 6.99. The lowest BCUT2D eigenvalue weighted by Crippen LogP contribution is -2.14. The Morgan fingerprint density at radius 3 is 2.41 bits per heavy atom. The highest BCUT2D eigenvalue weighted by Crippen LogP contribution is 2.23. The molecule has 2 amide bonds. The van der Waals surface area contributed by atoms with Gasteiger partial charge in [0, 0.05) is 17.1 Å². The van der Waals surface area contributed by atoms with Crippen molar-refractivity contribution in [3.8, 4) is 0 Å². The molecule has 2 aromatic carbocycles. The second kappa shape index (κ2) is 6.65. The number of carbonyl (C=O) groups is 2. The molecule has 0 aliphatic carbocycles. The zero-order valence-corrected chi connectivity index (χ0v) is 13.0. The van der Waals surface area contributed by atoms with E-state index in [1.165, 1.54) is 25.1 Å². The third-order valence-corrected chi connectivity index (χ3v) is 3.37. The minimum Gasteiger partial charge on any atom is -0.326 e. The first kappa shape index (κ1) is 16.1. The Balaban J connectivity index is 2.25. The number of carbonyl (C=O) groups excluding carboxylic acids is 2. The number of rotatable bonds is 3. The lowest BCUT2D eigenvalue weighted by atomic mass is 10.2. The van der Waals surface area contributed by atoms with Crippen molar-refractivity contribution in [2.24, 2.45) is 0 Å². The van der Waals surface area contributed by atoms with E-state index in [9.17, 15) is 18.4 Å². The van der Waals surface area contributed by atoms with Gasteiger partial charge < -0.3 is 10.6 Å². The number of halogens is 3. The largest absolute Gasteiger partial charge is 0.326 e. The van der Waals surface area contributed by atoms with Crippen molar-refractivity contribution in [3.05, 3.63) is 58.1 Å². The number of nitrogens with one attached hydrogen (secondary N) is 2. The van der Waals surface area contributed by atoms with Crippen molar-refractivity contribution >= 4 is 39.1 Å². The second-order valence-electron chi connectivity index (χ2n) is 4.45. The van der Waals surface area contributed by atoms with Gasteiger partial charge in [-0.15, -0.1) is 0 Å². The number of amides is 2. The van der Waals surface area contributed by atoms with Crippen LogP contribution in [0.1, 0.15) is 17.3 Å². The van der Waals surface area contributed by atoms with E-state index in [1.807, 2.05) is 0 Å². The summed E-state index contributed by atoms with van der Waals surface area (Å²) in [7, 11) is 0. The van der Waals surface area contributed by atoms with Gasteiger partial charge in [0.05, 0.1) is 11.3 Å². The lowest BCUT2D eigenvalue weighted by Gasteiger charge is -2.10. The summed E-state index contributed by atoms with van der Waals surface area (Å²) in [6, 6.07) is 7.35. The summed E-state index contributed by atoms with van der Waals surface area (Å²) >= 11 is 3.08. The maximum atomic E-state index is 13.7. The summed E-state index contributed by atoms with van der Waals surface area (Å²) in [5.41, 5.74) is 0.417. The van der Waals surface area contributed by atoms with Crippen LogP contribution in [0.25, 0.3) is 0 Å². The summed E-state index contributed by atoms with van der Waals surface area (Å²) in [5, 5.41) is 4.87. The fraction of sp³-hybridized carbons (Fsp3) is 0.0667. The molecule has 0 bridgehead atoms. The van der Waals surface area contributed by atoms with Crippen LogP contribution in [0.3, 0.4) is 0 Å². The molecule has 0 unspecified atom stereocenters. The third-order valence-electron chi connectivity index (χ3n) is 2.71. The highest BCUT2D eigenvalue weighted by Gasteiger charge is 2.13. The van der Waals surface area contributed by atoms with Crippen LogP contribution in [0.15, 0.2) is 40.9 Å². The Kier molecular flexibility index (Phi) is 4.87. The van der Waals surface area contributed by atoms with Crippen LogP contribution in [-0.2, 0) is 4.79 Å². The van der Waals surface area contributed by atoms with E-state index >= 15 is 0 Å². The van der Waals surface area contributed by atoms with Crippen molar-refractivity contribution in [3.63, 3.8) is 0 Å². The summed E-state index contributed by atoms with van der Waals surface area (Å²) in [4.78, 5) is 23.1. The zero-order chi connectivity index (χ0) is 16.3. The highest BCUT2D eigenvalue weighted by molar-refractivity contribution is 9.10. The molecule has 114 valence electrons. The Morgan fingerprint density at radius 1 is 1.05 bits per heavy atom. The predicted octanol–water partition coefficient (Wildman–Crippen LogP) is 3.94. The lowest BCUT2D eigenvalue weighted by molar-refractivity contribution is -0.114. The highest BCUT2D eigenvalue weighted by atomic mass is 79.9. The van der Waals surface area contributed by atoms with Gasteiger partial charge in [0.2, 0.25) is 5.91 Å². The SMILES string of the molecule is CC(=O)Nc1ccc(F)c(NC(=O)c2ccc(F)cc2Br)c1. The Morgan fingerprint density at radius 2 is 1.77 bits per heavy atom. The third kappa shape index (κ3) is 3.88. The van der Waals surface area contributed by atoms with Gasteiger partial charge in [0.25, 0.3) is 5.91 Å². The van der Waals surface area contributed by atoms with E-state index < -0.39 is 17.5 Å². The molecule has 0 saturated carbocycles. The van der Waals surface area contributed by atoms with Crippen LogP contribution < -0.4 is 10.6 Å². The molecule has 0 atom stereocenters. The van der Waals surface area contributed by atoms with Gasteiger partial charge in [-0.25, -0.2) is 8.78 Å². The molecule has 0 heterocycles. The van der Waals surface area contributed by atoms with Crippen LogP contribution in [0, 0.1) is 11.6 Å². The smallest absolute Gasteiger partial charge is 0.256 e. The summed E-state index contributed by atoms with van der Waals surface area (Å²) in [6.07, 6.45) is 0. The van der Waals surface area contributed by atoms with Crippen LogP contribution in [0.2, 0.25) is 0 Å². The van der Waals surface area contributed by atoms with Crippen LogP contribution in [0.4, 0.5) is 20.2 Å². The van der Waals surface area contributed by atoms with Gasteiger partial charge in [-0.2, -0.15) is 0 Å². The van der Waals surface area contributed by atoms with Crippen molar-refractivity contribution < 1.29 is 18.4 Å². The van der Waals surface area contributed by atoms with Crippen LogP contribution in [0.5, 0.6) is 0 Å².